The van der Waals surface area contributed by atoms with Crippen molar-refractivity contribution >= 4 is 5.97 Å². The zero-order valence-corrected chi connectivity index (χ0v) is 10.6. The molecule has 1 atom stereocenters. The van der Waals surface area contributed by atoms with Crippen LogP contribution in [0, 0.1) is 0 Å². The molecule has 1 aliphatic heterocycles. The molecular formula is C14H19NO3. The van der Waals surface area contributed by atoms with Crippen LogP contribution in [0.4, 0.5) is 0 Å². The number of rotatable bonds is 5. The van der Waals surface area contributed by atoms with Gasteiger partial charge in [0.15, 0.2) is 0 Å². The standard InChI is InChI=1S/C14H19NO3/c1-2-7-15-8-6-13(10-15)18-12-5-3-4-11(9-12)14(16)17/h3-5,9,13H,2,6-8,10H2,1H3,(H,16,17). The van der Waals surface area contributed by atoms with Crippen molar-refractivity contribution in [1.82, 2.24) is 4.90 Å². The molecular weight excluding hydrogens is 230 g/mol. The zero-order chi connectivity index (χ0) is 13.0. The van der Waals surface area contributed by atoms with Gasteiger partial charge in [-0.3, -0.25) is 4.90 Å². The molecule has 1 unspecified atom stereocenters. The van der Waals surface area contributed by atoms with E-state index in [2.05, 4.69) is 11.8 Å². The van der Waals surface area contributed by atoms with Crippen LogP contribution in [0.3, 0.4) is 0 Å². The van der Waals surface area contributed by atoms with Crippen LogP contribution in [0.15, 0.2) is 24.3 Å². The molecule has 4 heteroatoms. The minimum atomic E-state index is -0.917. The smallest absolute Gasteiger partial charge is 0.335 e. The van der Waals surface area contributed by atoms with Gasteiger partial charge in [-0.2, -0.15) is 0 Å². The summed E-state index contributed by atoms with van der Waals surface area (Å²) in [5.74, 6) is -0.266. The molecule has 1 N–H and O–H groups in total. The monoisotopic (exact) mass is 249 g/mol. The van der Waals surface area contributed by atoms with E-state index >= 15 is 0 Å². The Labute approximate surface area is 107 Å². The van der Waals surface area contributed by atoms with Crippen molar-refractivity contribution in [3.8, 4) is 5.75 Å². The van der Waals surface area contributed by atoms with Gasteiger partial charge in [-0.05, 0) is 37.6 Å². The minimum Gasteiger partial charge on any atom is -0.489 e. The molecule has 18 heavy (non-hydrogen) atoms. The number of benzene rings is 1. The van der Waals surface area contributed by atoms with Gasteiger partial charge in [0.05, 0.1) is 5.56 Å². The van der Waals surface area contributed by atoms with Crippen LogP contribution in [0.2, 0.25) is 0 Å². The van der Waals surface area contributed by atoms with Gasteiger partial charge >= 0.3 is 5.97 Å². The third-order valence-corrected chi connectivity index (χ3v) is 3.15. The Morgan fingerprint density at radius 1 is 1.56 bits per heavy atom. The number of hydrogen-bond donors (Lipinski definition) is 1. The highest BCUT2D eigenvalue weighted by Crippen LogP contribution is 2.19. The molecule has 0 spiro atoms. The first-order valence-corrected chi connectivity index (χ1v) is 6.41. The van der Waals surface area contributed by atoms with E-state index in [0.29, 0.717) is 5.75 Å². The molecule has 0 saturated carbocycles. The van der Waals surface area contributed by atoms with Gasteiger partial charge in [-0.25, -0.2) is 4.79 Å². The average Bonchev–Trinajstić information content (AvgIpc) is 2.77. The fourth-order valence-electron chi connectivity index (χ4n) is 2.31. The number of hydrogen-bond acceptors (Lipinski definition) is 3. The van der Waals surface area contributed by atoms with Crippen LogP contribution in [0.25, 0.3) is 0 Å². The van der Waals surface area contributed by atoms with E-state index < -0.39 is 5.97 Å². The van der Waals surface area contributed by atoms with E-state index in [1.807, 2.05) is 6.07 Å². The summed E-state index contributed by atoms with van der Waals surface area (Å²) < 4.78 is 5.84. The second kappa shape index (κ2) is 5.87. The molecule has 2 rings (SSSR count). The van der Waals surface area contributed by atoms with Crippen molar-refractivity contribution in [2.24, 2.45) is 0 Å². The molecule has 1 aliphatic rings. The lowest BCUT2D eigenvalue weighted by molar-refractivity contribution is 0.0696. The van der Waals surface area contributed by atoms with Crippen molar-refractivity contribution < 1.29 is 14.6 Å². The second-order valence-corrected chi connectivity index (χ2v) is 4.66. The van der Waals surface area contributed by atoms with Gasteiger partial charge in [-0.1, -0.05) is 13.0 Å². The first-order chi connectivity index (χ1) is 8.69. The number of likely N-dealkylation sites (tertiary alicyclic amines) is 1. The van der Waals surface area contributed by atoms with E-state index in [-0.39, 0.29) is 11.7 Å². The highest BCUT2D eigenvalue weighted by atomic mass is 16.5. The number of aromatic carboxylic acids is 1. The summed E-state index contributed by atoms with van der Waals surface area (Å²) >= 11 is 0. The molecule has 0 bridgehead atoms. The van der Waals surface area contributed by atoms with Crippen LogP contribution in [-0.2, 0) is 0 Å². The average molecular weight is 249 g/mol. The van der Waals surface area contributed by atoms with Crippen molar-refractivity contribution in [3.05, 3.63) is 29.8 Å². The molecule has 1 aromatic carbocycles. The Morgan fingerprint density at radius 2 is 2.39 bits per heavy atom. The van der Waals surface area contributed by atoms with Crippen LogP contribution < -0.4 is 4.74 Å². The van der Waals surface area contributed by atoms with E-state index in [0.717, 1.165) is 32.5 Å². The maximum absolute atomic E-state index is 10.9. The van der Waals surface area contributed by atoms with Gasteiger partial charge in [0.1, 0.15) is 11.9 Å². The Balaban J connectivity index is 1.94. The van der Waals surface area contributed by atoms with Crippen LogP contribution in [-0.4, -0.2) is 41.7 Å². The highest BCUT2D eigenvalue weighted by molar-refractivity contribution is 5.87. The lowest BCUT2D eigenvalue weighted by Crippen LogP contribution is -2.25. The molecule has 0 radical (unpaired) electrons. The third-order valence-electron chi connectivity index (χ3n) is 3.15. The molecule has 0 amide bonds. The molecule has 1 aromatic rings. The normalized spacial score (nSPS) is 19.9. The molecule has 0 aromatic heterocycles. The number of carboxylic acids is 1. The summed E-state index contributed by atoms with van der Waals surface area (Å²) in [6.07, 6.45) is 2.35. The zero-order valence-electron chi connectivity index (χ0n) is 10.6. The molecule has 98 valence electrons. The van der Waals surface area contributed by atoms with Crippen molar-refractivity contribution in [1.29, 1.82) is 0 Å². The fraction of sp³-hybridized carbons (Fsp3) is 0.500. The summed E-state index contributed by atoms with van der Waals surface area (Å²) in [6.45, 7) is 5.28. The second-order valence-electron chi connectivity index (χ2n) is 4.66. The Morgan fingerprint density at radius 3 is 3.11 bits per heavy atom. The predicted octanol–water partition coefficient (Wildman–Crippen LogP) is 2.25. The fourth-order valence-corrected chi connectivity index (χ4v) is 2.31. The predicted molar refractivity (Wildman–Crippen MR) is 69.2 cm³/mol. The number of ether oxygens (including phenoxy) is 1. The Kier molecular flexibility index (Phi) is 4.20. The van der Waals surface area contributed by atoms with E-state index in [1.54, 1.807) is 18.2 Å². The summed E-state index contributed by atoms with van der Waals surface area (Å²) in [4.78, 5) is 13.2. The number of carboxylic acid groups (broad SMARTS) is 1. The van der Waals surface area contributed by atoms with E-state index in [9.17, 15) is 4.79 Å². The van der Waals surface area contributed by atoms with Crippen molar-refractivity contribution in [2.75, 3.05) is 19.6 Å². The van der Waals surface area contributed by atoms with Crippen molar-refractivity contribution in [2.45, 2.75) is 25.9 Å². The van der Waals surface area contributed by atoms with Gasteiger partial charge in [0.2, 0.25) is 0 Å². The number of nitrogens with zero attached hydrogens (tertiary/aromatic N) is 1. The first kappa shape index (κ1) is 12.9. The van der Waals surface area contributed by atoms with Gasteiger partial charge in [0, 0.05) is 13.1 Å². The maximum Gasteiger partial charge on any atom is 0.335 e. The van der Waals surface area contributed by atoms with Gasteiger partial charge < -0.3 is 9.84 Å². The molecule has 0 aliphatic carbocycles. The quantitative estimate of drug-likeness (QED) is 0.869. The molecule has 1 heterocycles. The third kappa shape index (κ3) is 3.23. The van der Waals surface area contributed by atoms with Gasteiger partial charge in [-0.15, -0.1) is 0 Å². The molecule has 4 nitrogen and oxygen atoms in total. The van der Waals surface area contributed by atoms with E-state index in [4.69, 9.17) is 9.84 Å². The minimum absolute atomic E-state index is 0.181. The van der Waals surface area contributed by atoms with E-state index in [1.165, 1.54) is 0 Å². The van der Waals surface area contributed by atoms with Crippen LogP contribution in [0.1, 0.15) is 30.1 Å². The topological polar surface area (TPSA) is 49.8 Å². The molecule has 1 fully saturated rings. The number of carbonyl (C=O) groups is 1. The van der Waals surface area contributed by atoms with Crippen molar-refractivity contribution in [3.63, 3.8) is 0 Å². The lowest BCUT2D eigenvalue weighted by Gasteiger charge is -2.16. The largest absolute Gasteiger partial charge is 0.489 e. The molecule has 1 saturated heterocycles. The Bertz CT molecular complexity index is 419. The summed E-state index contributed by atoms with van der Waals surface area (Å²) in [5, 5.41) is 8.92. The summed E-state index contributed by atoms with van der Waals surface area (Å²) in [6, 6.07) is 6.70. The van der Waals surface area contributed by atoms with Gasteiger partial charge in [0.25, 0.3) is 0 Å². The maximum atomic E-state index is 10.9. The lowest BCUT2D eigenvalue weighted by atomic mass is 10.2. The summed E-state index contributed by atoms with van der Waals surface area (Å²) in [5.41, 5.74) is 0.274. The first-order valence-electron chi connectivity index (χ1n) is 6.41. The Hall–Kier alpha value is -1.55. The highest BCUT2D eigenvalue weighted by Gasteiger charge is 2.23. The summed E-state index contributed by atoms with van der Waals surface area (Å²) in [7, 11) is 0. The SMILES string of the molecule is CCCN1CCC(Oc2cccc(C(=O)O)c2)C1. The van der Waals surface area contributed by atoms with Crippen LogP contribution >= 0.6 is 0 Å². The van der Waals surface area contributed by atoms with Crippen LogP contribution in [0.5, 0.6) is 5.75 Å².